The summed E-state index contributed by atoms with van der Waals surface area (Å²) < 4.78 is 5.31. The highest BCUT2D eigenvalue weighted by molar-refractivity contribution is 5.95. The molecule has 1 fully saturated rings. The smallest absolute Gasteiger partial charge is 0.241 e. The number of nitrogens with one attached hydrogen (secondary N) is 1. The Morgan fingerprint density at radius 3 is 2.57 bits per heavy atom. The van der Waals surface area contributed by atoms with Crippen molar-refractivity contribution in [2.45, 2.75) is 19.9 Å². The van der Waals surface area contributed by atoms with Crippen LogP contribution in [0.25, 0.3) is 0 Å². The van der Waals surface area contributed by atoms with Crippen molar-refractivity contribution in [2.24, 2.45) is 0 Å². The van der Waals surface area contributed by atoms with Crippen LogP contribution in [0.4, 0.5) is 5.69 Å². The van der Waals surface area contributed by atoms with Gasteiger partial charge in [-0.2, -0.15) is 0 Å². The quantitative estimate of drug-likeness (QED) is 0.915. The van der Waals surface area contributed by atoms with Crippen molar-refractivity contribution < 1.29 is 9.53 Å². The molecule has 2 rings (SSSR count). The van der Waals surface area contributed by atoms with Crippen molar-refractivity contribution in [3.63, 3.8) is 0 Å². The SMILES string of the molecule is COc1ccc(C)cc1NC(=O)[C@H](C)N1CCN(C)CC1. The largest absolute Gasteiger partial charge is 0.495 e. The summed E-state index contributed by atoms with van der Waals surface area (Å²) in [5.41, 5.74) is 1.84. The maximum atomic E-state index is 12.5. The number of ether oxygens (including phenoxy) is 1. The molecular weight excluding hydrogens is 266 g/mol. The summed E-state index contributed by atoms with van der Waals surface area (Å²) >= 11 is 0. The van der Waals surface area contributed by atoms with Gasteiger partial charge in [0, 0.05) is 26.2 Å². The fraction of sp³-hybridized carbons (Fsp3) is 0.562. The molecule has 0 spiro atoms. The van der Waals surface area contributed by atoms with Crippen molar-refractivity contribution in [1.29, 1.82) is 0 Å². The topological polar surface area (TPSA) is 44.8 Å². The zero-order chi connectivity index (χ0) is 15.4. The lowest BCUT2D eigenvalue weighted by Gasteiger charge is -2.35. The van der Waals surface area contributed by atoms with Crippen LogP contribution in [0.2, 0.25) is 0 Å². The number of hydrogen-bond donors (Lipinski definition) is 1. The summed E-state index contributed by atoms with van der Waals surface area (Å²) in [5, 5.41) is 2.99. The zero-order valence-electron chi connectivity index (χ0n) is 13.3. The van der Waals surface area contributed by atoms with Crippen LogP contribution in [0.5, 0.6) is 5.75 Å². The van der Waals surface area contributed by atoms with E-state index in [1.165, 1.54) is 0 Å². The van der Waals surface area contributed by atoms with Crippen molar-refractivity contribution in [3.8, 4) is 5.75 Å². The Kier molecular flexibility index (Phi) is 5.20. The Bertz CT molecular complexity index is 496. The van der Waals surface area contributed by atoms with Gasteiger partial charge in [-0.3, -0.25) is 9.69 Å². The molecule has 0 bridgehead atoms. The number of carbonyl (C=O) groups is 1. The molecule has 5 heteroatoms. The Morgan fingerprint density at radius 2 is 1.95 bits per heavy atom. The van der Waals surface area contributed by atoms with Crippen LogP contribution in [0, 0.1) is 6.92 Å². The monoisotopic (exact) mass is 291 g/mol. The molecule has 0 aliphatic carbocycles. The summed E-state index contributed by atoms with van der Waals surface area (Å²) in [6.07, 6.45) is 0. The van der Waals surface area contributed by atoms with Crippen LogP contribution >= 0.6 is 0 Å². The fourth-order valence-electron chi connectivity index (χ4n) is 2.53. The Labute approximate surface area is 126 Å². The van der Waals surface area contributed by atoms with Gasteiger partial charge in [0.2, 0.25) is 5.91 Å². The number of piperazine rings is 1. The maximum Gasteiger partial charge on any atom is 0.241 e. The molecule has 1 N–H and O–H groups in total. The molecule has 1 aromatic carbocycles. The maximum absolute atomic E-state index is 12.5. The molecular formula is C16H25N3O2. The highest BCUT2D eigenvalue weighted by Crippen LogP contribution is 2.25. The van der Waals surface area contributed by atoms with Crippen LogP contribution in [0.1, 0.15) is 12.5 Å². The third kappa shape index (κ3) is 3.95. The average Bonchev–Trinajstić information content (AvgIpc) is 2.47. The van der Waals surface area contributed by atoms with Gasteiger partial charge in [0.05, 0.1) is 18.8 Å². The van der Waals surface area contributed by atoms with Gasteiger partial charge in [-0.15, -0.1) is 0 Å². The number of aryl methyl sites for hydroxylation is 1. The van der Waals surface area contributed by atoms with Gasteiger partial charge in [0.15, 0.2) is 0 Å². The van der Waals surface area contributed by atoms with Gasteiger partial charge in [-0.05, 0) is 38.6 Å². The molecule has 1 saturated heterocycles. The minimum atomic E-state index is -0.135. The van der Waals surface area contributed by atoms with Gasteiger partial charge < -0.3 is 15.0 Å². The molecule has 1 aliphatic heterocycles. The van der Waals surface area contributed by atoms with E-state index in [0.717, 1.165) is 37.4 Å². The number of anilines is 1. The second-order valence-corrected chi connectivity index (χ2v) is 5.71. The second kappa shape index (κ2) is 6.91. The van der Waals surface area contributed by atoms with Crippen molar-refractivity contribution in [1.82, 2.24) is 9.80 Å². The lowest BCUT2D eigenvalue weighted by molar-refractivity contribution is -0.121. The van der Waals surface area contributed by atoms with Gasteiger partial charge in [-0.25, -0.2) is 0 Å². The summed E-state index contributed by atoms with van der Waals surface area (Å²) in [5.74, 6) is 0.711. The molecule has 1 heterocycles. The minimum absolute atomic E-state index is 0.0171. The number of nitrogens with zero attached hydrogens (tertiary/aromatic N) is 2. The minimum Gasteiger partial charge on any atom is -0.495 e. The second-order valence-electron chi connectivity index (χ2n) is 5.71. The van der Waals surface area contributed by atoms with Crippen LogP contribution in [-0.2, 0) is 4.79 Å². The first-order valence-corrected chi connectivity index (χ1v) is 7.39. The molecule has 1 aromatic rings. The molecule has 0 radical (unpaired) electrons. The third-order valence-electron chi connectivity index (χ3n) is 4.08. The third-order valence-corrected chi connectivity index (χ3v) is 4.08. The van der Waals surface area contributed by atoms with Crippen LogP contribution in [-0.4, -0.2) is 62.1 Å². The lowest BCUT2D eigenvalue weighted by Crippen LogP contribution is -2.51. The standard InChI is InChI=1S/C16H25N3O2/c1-12-5-6-15(21-4)14(11-12)17-16(20)13(2)19-9-7-18(3)8-10-19/h5-6,11,13H,7-10H2,1-4H3,(H,17,20)/t13-/m0/s1. The number of rotatable bonds is 4. The zero-order valence-corrected chi connectivity index (χ0v) is 13.3. The molecule has 0 saturated carbocycles. The number of hydrogen-bond acceptors (Lipinski definition) is 4. The van der Waals surface area contributed by atoms with E-state index in [2.05, 4.69) is 22.2 Å². The van der Waals surface area contributed by atoms with E-state index in [1.54, 1.807) is 7.11 Å². The molecule has 1 aliphatic rings. The first kappa shape index (κ1) is 15.8. The summed E-state index contributed by atoms with van der Waals surface area (Å²) in [6.45, 7) is 7.82. The van der Waals surface area contributed by atoms with Crippen molar-refractivity contribution in [2.75, 3.05) is 45.7 Å². The molecule has 5 nitrogen and oxygen atoms in total. The number of amides is 1. The lowest BCUT2D eigenvalue weighted by atomic mass is 10.1. The highest BCUT2D eigenvalue weighted by Gasteiger charge is 2.24. The van der Waals surface area contributed by atoms with E-state index in [-0.39, 0.29) is 11.9 Å². The van der Waals surface area contributed by atoms with Crippen molar-refractivity contribution in [3.05, 3.63) is 23.8 Å². The Balaban J connectivity index is 2.02. The van der Waals surface area contributed by atoms with Crippen LogP contribution in [0.3, 0.4) is 0 Å². The first-order valence-electron chi connectivity index (χ1n) is 7.39. The Hall–Kier alpha value is -1.59. The number of methoxy groups -OCH3 is 1. The van der Waals surface area contributed by atoms with E-state index in [4.69, 9.17) is 4.74 Å². The molecule has 116 valence electrons. The summed E-state index contributed by atoms with van der Waals surface area (Å²) in [4.78, 5) is 17.0. The van der Waals surface area contributed by atoms with E-state index in [1.807, 2.05) is 32.0 Å². The van der Waals surface area contributed by atoms with Crippen LogP contribution < -0.4 is 10.1 Å². The van der Waals surface area contributed by atoms with E-state index in [0.29, 0.717) is 5.75 Å². The van der Waals surface area contributed by atoms with Gasteiger partial charge in [-0.1, -0.05) is 6.07 Å². The predicted molar refractivity (Wildman–Crippen MR) is 84.9 cm³/mol. The molecule has 1 atom stereocenters. The molecule has 0 unspecified atom stereocenters. The Morgan fingerprint density at radius 1 is 1.29 bits per heavy atom. The number of benzene rings is 1. The molecule has 21 heavy (non-hydrogen) atoms. The van der Waals surface area contributed by atoms with E-state index >= 15 is 0 Å². The highest BCUT2D eigenvalue weighted by atomic mass is 16.5. The number of likely N-dealkylation sites (N-methyl/N-ethyl adjacent to an activating group) is 1. The molecule has 1 amide bonds. The van der Waals surface area contributed by atoms with Gasteiger partial charge in [0.25, 0.3) is 0 Å². The number of carbonyl (C=O) groups excluding carboxylic acids is 1. The van der Waals surface area contributed by atoms with Crippen molar-refractivity contribution >= 4 is 11.6 Å². The van der Waals surface area contributed by atoms with Gasteiger partial charge in [0.1, 0.15) is 5.75 Å². The van der Waals surface area contributed by atoms with E-state index in [9.17, 15) is 4.79 Å². The summed E-state index contributed by atoms with van der Waals surface area (Å²) in [7, 11) is 3.73. The van der Waals surface area contributed by atoms with E-state index < -0.39 is 0 Å². The normalized spacial score (nSPS) is 18.3. The van der Waals surface area contributed by atoms with Gasteiger partial charge >= 0.3 is 0 Å². The fourth-order valence-corrected chi connectivity index (χ4v) is 2.53. The molecule has 0 aromatic heterocycles. The summed E-state index contributed by atoms with van der Waals surface area (Å²) in [6, 6.07) is 5.65. The average molecular weight is 291 g/mol. The first-order chi connectivity index (χ1) is 10.0. The predicted octanol–water partition coefficient (Wildman–Crippen LogP) is 1.58. The van der Waals surface area contributed by atoms with Crippen LogP contribution in [0.15, 0.2) is 18.2 Å².